The van der Waals surface area contributed by atoms with Crippen LogP contribution in [0.5, 0.6) is 0 Å². The third-order valence-corrected chi connectivity index (χ3v) is 5.93. The number of methoxy groups -OCH3 is 1. The van der Waals surface area contributed by atoms with E-state index >= 15 is 0 Å². The number of carbonyl (C=O) groups excluding carboxylic acids is 1. The van der Waals surface area contributed by atoms with Gasteiger partial charge in [-0.15, -0.1) is 11.3 Å². The van der Waals surface area contributed by atoms with Crippen LogP contribution in [0.4, 0.5) is 8.78 Å². The molecule has 2 heterocycles. The number of benzene rings is 1. The molecule has 0 radical (unpaired) electrons. The molecule has 29 heavy (non-hydrogen) atoms. The highest BCUT2D eigenvalue weighted by atomic mass is 32.1. The molecule has 10 heteroatoms. The fraction of sp³-hybridized carbons (Fsp3) is 0.316. The first kappa shape index (κ1) is 20.9. The summed E-state index contributed by atoms with van der Waals surface area (Å²) in [7, 11) is 1.20. The standard InChI is InChI=1S/C19H18F2N2O5S/c1-10-14-16(25)22(8-9-24)19(27)23(17(14)29-15(10)18(26)28-2)7-6-11-12(20)4-3-5-13(11)21/h3-5,24H,6-9H2,1-2H3. The molecule has 0 aliphatic heterocycles. The molecular weight excluding hydrogens is 406 g/mol. The Morgan fingerprint density at radius 1 is 1.17 bits per heavy atom. The van der Waals surface area contributed by atoms with Crippen molar-refractivity contribution in [3.05, 3.63) is 66.7 Å². The first-order valence-electron chi connectivity index (χ1n) is 8.70. The van der Waals surface area contributed by atoms with Crippen LogP contribution in [0.25, 0.3) is 10.2 Å². The number of hydrogen-bond acceptors (Lipinski definition) is 6. The topological polar surface area (TPSA) is 90.5 Å². The van der Waals surface area contributed by atoms with Crippen molar-refractivity contribution in [3.8, 4) is 0 Å². The molecule has 0 aliphatic carbocycles. The third-order valence-electron chi connectivity index (χ3n) is 4.64. The highest BCUT2D eigenvalue weighted by molar-refractivity contribution is 7.20. The summed E-state index contributed by atoms with van der Waals surface area (Å²) in [5, 5.41) is 9.37. The average Bonchev–Trinajstić information content (AvgIpc) is 3.03. The number of carbonyl (C=O) groups is 1. The van der Waals surface area contributed by atoms with Crippen molar-refractivity contribution in [2.24, 2.45) is 0 Å². The predicted octanol–water partition coefficient (Wildman–Crippen LogP) is 1.83. The lowest BCUT2D eigenvalue weighted by molar-refractivity contribution is 0.0605. The lowest BCUT2D eigenvalue weighted by atomic mass is 10.1. The van der Waals surface area contributed by atoms with E-state index in [0.29, 0.717) is 5.56 Å². The molecular formula is C19H18F2N2O5S. The SMILES string of the molecule is COC(=O)c1sc2c(c1C)c(=O)n(CCO)c(=O)n2CCc1c(F)cccc1F. The number of ether oxygens (including phenoxy) is 1. The molecule has 3 aromatic rings. The van der Waals surface area contributed by atoms with Gasteiger partial charge in [0.15, 0.2) is 0 Å². The molecule has 3 rings (SSSR count). The van der Waals surface area contributed by atoms with E-state index in [1.807, 2.05) is 0 Å². The van der Waals surface area contributed by atoms with Gasteiger partial charge in [0, 0.05) is 12.1 Å². The molecule has 1 N–H and O–H groups in total. The van der Waals surface area contributed by atoms with Gasteiger partial charge in [0.2, 0.25) is 0 Å². The second-order valence-electron chi connectivity index (χ2n) is 6.29. The summed E-state index contributed by atoms with van der Waals surface area (Å²) in [5.74, 6) is -2.14. The number of aliphatic hydroxyl groups is 1. The monoisotopic (exact) mass is 424 g/mol. The second kappa shape index (κ2) is 8.26. The Hall–Kier alpha value is -2.85. The van der Waals surface area contributed by atoms with Gasteiger partial charge >= 0.3 is 11.7 Å². The number of aromatic nitrogens is 2. The minimum atomic E-state index is -0.740. The number of aryl methyl sites for hydroxylation is 2. The normalized spacial score (nSPS) is 11.2. The zero-order valence-corrected chi connectivity index (χ0v) is 16.5. The number of fused-ring (bicyclic) bond motifs is 1. The maximum Gasteiger partial charge on any atom is 0.348 e. The number of esters is 1. The van der Waals surface area contributed by atoms with E-state index in [1.54, 1.807) is 6.92 Å². The van der Waals surface area contributed by atoms with Crippen LogP contribution >= 0.6 is 11.3 Å². The van der Waals surface area contributed by atoms with Gasteiger partial charge in [0.1, 0.15) is 21.3 Å². The van der Waals surface area contributed by atoms with E-state index in [1.165, 1.54) is 17.7 Å². The second-order valence-corrected chi connectivity index (χ2v) is 7.29. The van der Waals surface area contributed by atoms with Crippen molar-refractivity contribution >= 4 is 27.5 Å². The molecule has 0 unspecified atom stereocenters. The van der Waals surface area contributed by atoms with Gasteiger partial charge < -0.3 is 9.84 Å². The molecule has 154 valence electrons. The van der Waals surface area contributed by atoms with E-state index in [2.05, 4.69) is 0 Å². The van der Waals surface area contributed by atoms with Gasteiger partial charge in [-0.3, -0.25) is 13.9 Å². The molecule has 0 fully saturated rings. The van der Waals surface area contributed by atoms with E-state index in [9.17, 15) is 28.3 Å². The summed E-state index contributed by atoms with van der Waals surface area (Å²) in [4.78, 5) is 38.1. The van der Waals surface area contributed by atoms with Crippen LogP contribution < -0.4 is 11.2 Å². The van der Waals surface area contributed by atoms with Gasteiger partial charge in [-0.2, -0.15) is 0 Å². The number of aliphatic hydroxyl groups excluding tert-OH is 1. The summed E-state index contributed by atoms with van der Waals surface area (Å²) >= 11 is 0.907. The third kappa shape index (κ3) is 3.60. The fourth-order valence-electron chi connectivity index (χ4n) is 3.17. The van der Waals surface area contributed by atoms with Crippen LogP contribution in [-0.4, -0.2) is 33.9 Å². The smallest absolute Gasteiger partial charge is 0.348 e. The molecule has 0 aliphatic rings. The molecule has 0 saturated heterocycles. The van der Waals surface area contributed by atoms with Crippen LogP contribution in [0.3, 0.4) is 0 Å². The Bertz CT molecular complexity index is 1190. The van der Waals surface area contributed by atoms with Gasteiger partial charge in [0.25, 0.3) is 5.56 Å². The van der Waals surface area contributed by atoms with Gasteiger partial charge in [-0.25, -0.2) is 18.4 Å². The minimum Gasteiger partial charge on any atom is -0.465 e. The lowest BCUT2D eigenvalue weighted by Gasteiger charge is -2.12. The highest BCUT2D eigenvalue weighted by Crippen LogP contribution is 2.28. The van der Waals surface area contributed by atoms with Crippen molar-refractivity contribution in [3.63, 3.8) is 0 Å². The summed E-state index contributed by atoms with van der Waals surface area (Å²) < 4.78 is 34.7. The number of rotatable bonds is 6. The Kier molecular flexibility index (Phi) is 5.94. The molecule has 2 aromatic heterocycles. The highest BCUT2D eigenvalue weighted by Gasteiger charge is 2.23. The summed E-state index contributed by atoms with van der Waals surface area (Å²) in [6.45, 7) is 0.737. The van der Waals surface area contributed by atoms with E-state index in [-0.39, 0.29) is 40.2 Å². The summed E-state index contributed by atoms with van der Waals surface area (Å²) in [5.41, 5.74) is -1.21. The predicted molar refractivity (Wildman–Crippen MR) is 104 cm³/mol. The van der Waals surface area contributed by atoms with Crippen molar-refractivity contribution in [1.29, 1.82) is 0 Å². The zero-order valence-electron chi connectivity index (χ0n) is 15.7. The Labute approximate surface area is 167 Å². The maximum atomic E-state index is 14.0. The Morgan fingerprint density at radius 3 is 2.41 bits per heavy atom. The fourth-order valence-corrected chi connectivity index (χ4v) is 4.41. The van der Waals surface area contributed by atoms with Gasteiger partial charge in [-0.05, 0) is 31.0 Å². The van der Waals surface area contributed by atoms with Crippen molar-refractivity contribution in [2.75, 3.05) is 13.7 Å². The molecule has 0 bridgehead atoms. The van der Waals surface area contributed by atoms with E-state index < -0.39 is 35.5 Å². The van der Waals surface area contributed by atoms with Crippen molar-refractivity contribution < 1.29 is 23.4 Å². The minimum absolute atomic E-state index is 0.126. The molecule has 0 saturated carbocycles. The first-order chi connectivity index (χ1) is 13.8. The van der Waals surface area contributed by atoms with E-state index in [0.717, 1.165) is 28.0 Å². The summed E-state index contributed by atoms with van der Waals surface area (Å²) in [6, 6.07) is 3.48. The molecule has 7 nitrogen and oxygen atoms in total. The van der Waals surface area contributed by atoms with Crippen LogP contribution in [-0.2, 0) is 24.2 Å². The Morgan fingerprint density at radius 2 is 1.83 bits per heavy atom. The largest absolute Gasteiger partial charge is 0.465 e. The average molecular weight is 424 g/mol. The van der Waals surface area contributed by atoms with E-state index in [4.69, 9.17) is 4.74 Å². The number of halogens is 2. The molecule has 0 amide bonds. The maximum absolute atomic E-state index is 14.0. The number of thiophene rings is 1. The molecule has 0 atom stereocenters. The van der Waals surface area contributed by atoms with Crippen molar-refractivity contribution in [2.45, 2.75) is 26.4 Å². The number of nitrogens with zero attached hydrogens (tertiary/aromatic N) is 2. The number of hydrogen-bond donors (Lipinski definition) is 1. The lowest BCUT2D eigenvalue weighted by Crippen LogP contribution is -2.40. The molecule has 1 aromatic carbocycles. The van der Waals surface area contributed by atoms with Gasteiger partial charge in [0.05, 0.1) is 25.6 Å². The zero-order chi connectivity index (χ0) is 21.3. The van der Waals surface area contributed by atoms with Crippen LogP contribution in [0.2, 0.25) is 0 Å². The molecule has 0 spiro atoms. The van der Waals surface area contributed by atoms with Crippen LogP contribution in [0.1, 0.15) is 20.8 Å². The van der Waals surface area contributed by atoms with Crippen LogP contribution in [0, 0.1) is 18.6 Å². The van der Waals surface area contributed by atoms with Gasteiger partial charge in [-0.1, -0.05) is 6.07 Å². The Balaban J connectivity index is 2.23. The van der Waals surface area contributed by atoms with Crippen LogP contribution in [0.15, 0.2) is 27.8 Å². The summed E-state index contributed by atoms with van der Waals surface area (Å²) in [6.07, 6.45) is -0.144. The van der Waals surface area contributed by atoms with Crippen molar-refractivity contribution in [1.82, 2.24) is 9.13 Å². The quantitative estimate of drug-likeness (QED) is 0.610. The first-order valence-corrected chi connectivity index (χ1v) is 9.52.